The summed E-state index contributed by atoms with van der Waals surface area (Å²) in [7, 11) is 0.816. The lowest BCUT2D eigenvalue weighted by Crippen LogP contribution is -2.31. The molecule has 0 radical (unpaired) electrons. The van der Waals surface area contributed by atoms with Crippen LogP contribution in [0.4, 0.5) is 24.8 Å². The lowest BCUT2D eigenvalue weighted by atomic mass is 9.97. The first-order valence-electron chi connectivity index (χ1n) is 12.9. The summed E-state index contributed by atoms with van der Waals surface area (Å²) in [6.45, 7) is 2.61. The molecule has 0 atom stereocenters. The minimum absolute atomic E-state index is 0.129. The highest BCUT2D eigenvalue weighted by molar-refractivity contribution is 7.89. The highest BCUT2D eigenvalue weighted by Gasteiger charge is 2.33. The van der Waals surface area contributed by atoms with E-state index in [1.807, 2.05) is 38.1 Å². The van der Waals surface area contributed by atoms with Gasteiger partial charge in [-0.25, -0.2) is 22.7 Å². The number of nitrogens with two attached hydrogens (primary N) is 1. The largest absolute Gasteiger partial charge is 0.416 e. The van der Waals surface area contributed by atoms with Crippen molar-refractivity contribution in [2.24, 2.45) is 0 Å². The normalized spacial score (nSPS) is 12.3. The van der Waals surface area contributed by atoms with Gasteiger partial charge in [-0.2, -0.15) is 13.2 Å². The molecule has 9 nitrogen and oxygen atoms in total. The van der Waals surface area contributed by atoms with Gasteiger partial charge in [-0.3, -0.25) is 4.79 Å². The molecule has 4 aromatic rings. The predicted octanol–water partition coefficient (Wildman–Crippen LogP) is 5.03. The van der Waals surface area contributed by atoms with Crippen LogP contribution < -0.4 is 11.1 Å². The molecule has 0 spiro atoms. The van der Waals surface area contributed by atoms with E-state index < -0.39 is 38.3 Å². The van der Waals surface area contributed by atoms with E-state index in [-0.39, 0.29) is 18.1 Å². The van der Waals surface area contributed by atoms with Crippen molar-refractivity contribution in [2.45, 2.75) is 24.4 Å². The zero-order valence-corrected chi connectivity index (χ0v) is 24.3. The molecular weight excluding hydrogens is 569 g/mol. The molecule has 0 aliphatic carbocycles. The van der Waals surface area contributed by atoms with E-state index in [2.05, 4.69) is 15.3 Å². The first kappa shape index (κ1) is 30.9. The Morgan fingerprint density at radius 2 is 1.74 bits per heavy atom. The quantitative estimate of drug-likeness (QED) is 0.276. The molecule has 3 aromatic carbocycles. The fourth-order valence-electron chi connectivity index (χ4n) is 4.41. The van der Waals surface area contributed by atoms with Crippen LogP contribution >= 0.6 is 0 Å². The van der Waals surface area contributed by atoms with Crippen molar-refractivity contribution in [1.29, 1.82) is 0 Å². The predicted molar refractivity (Wildman–Crippen MR) is 157 cm³/mol. The van der Waals surface area contributed by atoms with Crippen LogP contribution in [-0.4, -0.2) is 67.7 Å². The molecule has 0 aliphatic rings. The Morgan fingerprint density at radius 1 is 1.00 bits per heavy atom. The summed E-state index contributed by atoms with van der Waals surface area (Å²) in [5.41, 5.74) is 7.17. The summed E-state index contributed by atoms with van der Waals surface area (Å²) < 4.78 is 68.6. The minimum Gasteiger partial charge on any atom is -0.368 e. The van der Waals surface area contributed by atoms with E-state index in [9.17, 15) is 26.4 Å². The Hall–Kier alpha value is -4.07. The molecule has 0 aliphatic heterocycles. The summed E-state index contributed by atoms with van der Waals surface area (Å²) in [6.07, 6.45) is -2.66. The van der Waals surface area contributed by atoms with Crippen LogP contribution in [0.1, 0.15) is 27.9 Å². The van der Waals surface area contributed by atoms with Gasteiger partial charge in [0.2, 0.25) is 16.0 Å². The lowest BCUT2D eigenvalue weighted by Gasteiger charge is -2.21. The second kappa shape index (κ2) is 12.0. The number of nitrogens with one attached hydrogen (secondary N) is 1. The number of sulfonamides is 1. The number of halogens is 3. The number of aryl methyl sites for hydroxylation is 1. The molecule has 1 heterocycles. The van der Waals surface area contributed by atoms with Gasteiger partial charge in [-0.15, -0.1) is 0 Å². The second-order valence-corrected chi connectivity index (χ2v) is 12.2. The molecule has 4 rings (SSSR count). The van der Waals surface area contributed by atoms with E-state index in [0.717, 1.165) is 26.9 Å². The fraction of sp³-hybridized carbons (Fsp3) is 0.276. The van der Waals surface area contributed by atoms with Crippen molar-refractivity contribution in [1.82, 2.24) is 19.2 Å². The third-order valence-electron chi connectivity index (χ3n) is 6.73. The topological polar surface area (TPSA) is 122 Å². The van der Waals surface area contributed by atoms with Crippen LogP contribution in [0, 0.1) is 6.92 Å². The lowest BCUT2D eigenvalue weighted by molar-refractivity contribution is -0.137. The van der Waals surface area contributed by atoms with Crippen molar-refractivity contribution in [3.63, 3.8) is 0 Å². The summed E-state index contributed by atoms with van der Waals surface area (Å²) in [6, 6.07) is 12.4. The molecule has 42 heavy (non-hydrogen) atoms. The zero-order chi connectivity index (χ0) is 30.8. The number of hydrogen-bond donors (Lipinski definition) is 2. The number of anilines is 2. The monoisotopic (exact) mass is 600 g/mol. The molecule has 0 unspecified atom stereocenters. The van der Waals surface area contributed by atoms with Gasteiger partial charge in [0.25, 0.3) is 5.91 Å². The minimum atomic E-state index is -4.75. The third-order valence-corrected chi connectivity index (χ3v) is 8.65. The number of carbonyl (C=O) groups is 1. The van der Waals surface area contributed by atoms with Crippen molar-refractivity contribution < 1.29 is 26.4 Å². The van der Waals surface area contributed by atoms with Gasteiger partial charge in [-0.1, -0.05) is 12.1 Å². The standard InChI is InChI=1S/C29H31F3N6O3S/c1-18-6-7-20(15-23(18)19-8-10-24-21(14-19)17-34-28(33)36-24)27(39)35-25-16-22(29(30,31)32)9-11-26(25)42(40,41)38(4)13-5-12-37(2)3/h6-11,14-17H,5,12-13H2,1-4H3,(H,35,39)(H2,33,34,36). The van der Waals surface area contributed by atoms with E-state index in [0.29, 0.717) is 36.2 Å². The third kappa shape index (κ3) is 6.86. The van der Waals surface area contributed by atoms with Gasteiger partial charge in [0.1, 0.15) is 4.90 Å². The Morgan fingerprint density at radius 3 is 2.43 bits per heavy atom. The van der Waals surface area contributed by atoms with Crippen molar-refractivity contribution in [2.75, 3.05) is 45.3 Å². The van der Waals surface area contributed by atoms with Crippen LogP contribution in [0.5, 0.6) is 0 Å². The molecule has 0 saturated heterocycles. The Balaban J connectivity index is 1.69. The van der Waals surface area contributed by atoms with Gasteiger partial charge < -0.3 is 16.0 Å². The summed E-state index contributed by atoms with van der Waals surface area (Å²) in [4.78, 5) is 23.0. The SMILES string of the molecule is Cc1ccc(C(=O)Nc2cc(C(F)(F)F)ccc2S(=O)(=O)N(C)CCCN(C)C)cc1-c1ccc2nc(N)ncc2c1. The molecule has 13 heteroatoms. The first-order chi connectivity index (χ1) is 19.7. The van der Waals surface area contributed by atoms with Crippen LogP contribution in [0.3, 0.4) is 0 Å². The van der Waals surface area contributed by atoms with Crippen molar-refractivity contribution in [3.05, 3.63) is 77.5 Å². The number of alkyl halides is 3. The average Bonchev–Trinajstić information content (AvgIpc) is 2.92. The Labute approximate surface area is 242 Å². The first-order valence-corrected chi connectivity index (χ1v) is 14.4. The number of benzene rings is 3. The Kier molecular flexibility index (Phi) is 8.85. The smallest absolute Gasteiger partial charge is 0.368 e. The maximum atomic E-state index is 13.6. The van der Waals surface area contributed by atoms with Crippen LogP contribution in [0.2, 0.25) is 0 Å². The van der Waals surface area contributed by atoms with Gasteiger partial charge in [0, 0.05) is 30.7 Å². The number of nitrogen functional groups attached to an aromatic ring is 1. The average molecular weight is 601 g/mol. The number of amides is 1. The Bertz CT molecular complexity index is 1740. The van der Waals surface area contributed by atoms with Crippen LogP contribution in [0.15, 0.2) is 65.7 Å². The summed E-state index contributed by atoms with van der Waals surface area (Å²) in [5, 5.41) is 3.15. The van der Waals surface area contributed by atoms with Gasteiger partial charge >= 0.3 is 6.18 Å². The number of rotatable bonds is 9. The number of hydrogen-bond acceptors (Lipinski definition) is 7. The molecule has 0 saturated carbocycles. The molecular formula is C29H31F3N6O3S. The molecule has 222 valence electrons. The van der Waals surface area contributed by atoms with Gasteiger partial charge in [0.15, 0.2) is 0 Å². The maximum absolute atomic E-state index is 13.6. The van der Waals surface area contributed by atoms with Crippen molar-refractivity contribution >= 4 is 38.5 Å². The van der Waals surface area contributed by atoms with Crippen LogP contribution in [-0.2, 0) is 16.2 Å². The number of carbonyl (C=O) groups excluding carboxylic acids is 1. The summed E-state index contributed by atoms with van der Waals surface area (Å²) >= 11 is 0. The fourth-order valence-corrected chi connectivity index (χ4v) is 5.74. The molecule has 0 bridgehead atoms. The van der Waals surface area contributed by atoms with Crippen molar-refractivity contribution in [3.8, 4) is 11.1 Å². The van der Waals surface area contributed by atoms with E-state index in [4.69, 9.17) is 5.73 Å². The number of fused-ring (bicyclic) bond motifs is 1. The molecule has 3 N–H and O–H groups in total. The van der Waals surface area contributed by atoms with E-state index in [1.54, 1.807) is 24.4 Å². The summed E-state index contributed by atoms with van der Waals surface area (Å²) in [5.74, 6) is -0.625. The highest BCUT2D eigenvalue weighted by atomic mass is 32.2. The zero-order valence-electron chi connectivity index (χ0n) is 23.5. The number of aromatic nitrogens is 2. The molecule has 1 aromatic heterocycles. The molecule has 0 fully saturated rings. The van der Waals surface area contributed by atoms with Crippen LogP contribution in [0.25, 0.3) is 22.0 Å². The van der Waals surface area contributed by atoms with Gasteiger partial charge in [0.05, 0.1) is 16.8 Å². The maximum Gasteiger partial charge on any atom is 0.416 e. The number of nitrogens with zero attached hydrogens (tertiary/aromatic N) is 4. The molecule has 1 amide bonds. The van der Waals surface area contributed by atoms with E-state index in [1.165, 1.54) is 13.1 Å². The van der Waals surface area contributed by atoms with Gasteiger partial charge in [-0.05, 0) is 93.1 Å². The van der Waals surface area contributed by atoms with E-state index >= 15 is 0 Å². The second-order valence-electron chi connectivity index (χ2n) is 10.2. The highest BCUT2D eigenvalue weighted by Crippen LogP contribution is 2.35.